The van der Waals surface area contributed by atoms with Crippen LogP contribution in [0.1, 0.15) is 13.3 Å². The van der Waals surface area contributed by atoms with Gasteiger partial charge in [-0.1, -0.05) is 6.92 Å². The van der Waals surface area contributed by atoms with Gasteiger partial charge in [0.1, 0.15) is 0 Å². The van der Waals surface area contributed by atoms with E-state index in [0.717, 1.165) is 5.69 Å². The van der Waals surface area contributed by atoms with Crippen LogP contribution in [0.25, 0.3) is 10.9 Å². The molecular formula is C12H14N4O. The van der Waals surface area contributed by atoms with Crippen molar-refractivity contribution in [2.75, 3.05) is 11.1 Å². The molecule has 1 aliphatic rings. The number of benzene rings is 1. The summed E-state index contributed by atoms with van der Waals surface area (Å²) in [6, 6.07) is 4.01. The van der Waals surface area contributed by atoms with Gasteiger partial charge in [0.05, 0.1) is 28.6 Å². The monoisotopic (exact) mass is 230 g/mol. The average Bonchev–Trinajstić information content (AvgIpc) is 2.97. The molecule has 1 aromatic carbocycles. The Balaban J connectivity index is 2.08. The Morgan fingerprint density at radius 3 is 3.00 bits per heavy atom. The molecule has 0 spiro atoms. The molecule has 5 heteroatoms. The van der Waals surface area contributed by atoms with E-state index in [9.17, 15) is 4.79 Å². The topological polar surface area (TPSA) is 83.8 Å². The molecule has 3 rings (SSSR count). The molecule has 1 heterocycles. The van der Waals surface area contributed by atoms with E-state index >= 15 is 0 Å². The zero-order valence-corrected chi connectivity index (χ0v) is 9.53. The quantitative estimate of drug-likeness (QED) is 0.679. The molecule has 1 aliphatic carbocycles. The molecule has 4 N–H and O–H groups in total. The molecule has 0 bridgehead atoms. The zero-order valence-electron chi connectivity index (χ0n) is 9.53. The second-order valence-electron chi connectivity index (χ2n) is 4.65. The van der Waals surface area contributed by atoms with Crippen LogP contribution >= 0.6 is 0 Å². The van der Waals surface area contributed by atoms with Gasteiger partial charge >= 0.3 is 0 Å². The second-order valence-corrected chi connectivity index (χ2v) is 4.65. The number of aromatic amines is 1. The van der Waals surface area contributed by atoms with Crippen molar-refractivity contribution in [2.45, 2.75) is 19.4 Å². The normalized spacial score (nSPS) is 22.6. The third-order valence-electron chi connectivity index (χ3n) is 3.26. The smallest absolute Gasteiger partial charge is 0.258 e. The van der Waals surface area contributed by atoms with E-state index in [1.54, 1.807) is 6.07 Å². The van der Waals surface area contributed by atoms with E-state index in [2.05, 4.69) is 22.2 Å². The molecular weight excluding hydrogens is 216 g/mol. The number of hydrogen-bond donors (Lipinski definition) is 3. The Morgan fingerprint density at radius 1 is 1.53 bits per heavy atom. The minimum Gasteiger partial charge on any atom is -0.397 e. The lowest BCUT2D eigenvalue weighted by Gasteiger charge is -2.09. The summed E-state index contributed by atoms with van der Waals surface area (Å²) in [7, 11) is 0. The third-order valence-corrected chi connectivity index (χ3v) is 3.26. The van der Waals surface area contributed by atoms with Gasteiger partial charge in [-0.15, -0.1) is 0 Å². The van der Waals surface area contributed by atoms with Crippen LogP contribution < -0.4 is 16.6 Å². The number of nitrogens with zero attached hydrogens (tertiary/aromatic N) is 1. The number of nitrogens with one attached hydrogen (secondary N) is 2. The van der Waals surface area contributed by atoms with Crippen molar-refractivity contribution in [3.8, 4) is 0 Å². The highest BCUT2D eigenvalue weighted by atomic mass is 16.1. The summed E-state index contributed by atoms with van der Waals surface area (Å²) >= 11 is 0. The van der Waals surface area contributed by atoms with Gasteiger partial charge in [-0.3, -0.25) is 4.79 Å². The Morgan fingerprint density at radius 2 is 2.29 bits per heavy atom. The Kier molecular flexibility index (Phi) is 2.07. The molecule has 17 heavy (non-hydrogen) atoms. The lowest BCUT2D eigenvalue weighted by molar-refractivity contribution is 0.930. The van der Waals surface area contributed by atoms with Gasteiger partial charge in [-0.2, -0.15) is 0 Å². The number of nitrogens with two attached hydrogens (primary N) is 1. The molecule has 1 fully saturated rings. The van der Waals surface area contributed by atoms with Gasteiger partial charge in [-0.25, -0.2) is 4.98 Å². The largest absolute Gasteiger partial charge is 0.397 e. The van der Waals surface area contributed by atoms with E-state index in [1.165, 1.54) is 12.7 Å². The number of anilines is 2. The first-order chi connectivity index (χ1) is 8.15. The number of rotatable bonds is 2. The average molecular weight is 230 g/mol. The summed E-state index contributed by atoms with van der Waals surface area (Å²) in [4.78, 5) is 18.2. The zero-order chi connectivity index (χ0) is 12.0. The van der Waals surface area contributed by atoms with Crippen molar-refractivity contribution in [2.24, 2.45) is 5.92 Å². The fourth-order valence-corrected chi connectivity index (χ4v) is 1.98. The van der Waals surface area contributed by atoms with Crippen LogP contribution in [0.3, 0.4) is 0 Å². The van der Waals surface area contributed by atoms with Crippen molar-refractivity contribution in [3.63, 3.8) is 0 Å². The minimum absolute atomic E-state index is 0.159. The molecule has 5 nitrogen and oxygen atoms in total. The predicted molar refractivity (Wildman–Crippen MR) is 68.0 cm³/mol. The standard InChI is InChI=1S/C12H14N4O/c1-6-2-9(6)16-11-4-10-7(3-8(11)13)12(17)15-5-14-10/h3-6,9,16H,2,13H2,1H3,(H,14,15,17). The summed E-state index contributed by atoms with van der Waals surface area (Å²) in [6.45, 7) is 2.19. The first-order valence-electron chi connectivity index (χ1n) is 5.68. The first kappa shape index (κ1) is 10.1. The molecule has 0 aliphatic heterocycles. The number of hydrogen-bond acceptors (Lipinski definition) is 4. The van der Waals surface area contributed by atoms with Gasteiger partial charge in [0, 0.05) is 6.04 Å². The lowest BCUT2D eigenvalue weighted by atomic mass is 10.2. The molecule has 88 valence electrons. The number of nitrogen functional groups attached to an aromatic ring is 1. The summed E-state index contributed by atoms with van der Waals surface area (Å²) in [5.41, 5.74) is 7.90. The van der Waals surface area contributed by atoms with E-state index in [-0.39, 0.29) is 5.56 Å². The van der Waals surface area contributed by atoms with Gasteiger partial charge in [0.25, 0.3) is 5.56 Å². The van der Waals surface area contributed by atoms with Crippen LogP contribution in [0.15, 0.2) is 23.3 Å². The maximum atomic E-state index is 11.6. The van der Waals surface area contributed by atoms with Crippen LogP contribution in [-0.2, 0) is 0 Å². The van der Waals surface area contributed by atoms with Crippen LogP contribution in [0.4, 0.5) is 11.4 Å². The predicted octanol–water partition coefficient (Wildman–Crippen LogP) is 1.33. The Bertz CT molecular complexity index is 634. The molecule has 1 saturated carbocycles. The van der Waals surface area contributed by atoms with E-state index in [4.69, 9.17) is 5.73 Å². The highest BCUT2D eigenvalue weighted by Crippen LogP contribution is 2.35. The van der Waals surface area contributed by atoms with Crippen molar-refractivity contribution >= 4 is 22.3 Å². The number of aromatic nitrogens is 2. The molecule has 1 aromatic heterocycles. The highest BCUT2D eigenvalue weighted by Gasteiger charge is 2.32. The van der Waals surface area contributed by atoms with Crippen LogP contribution in [0.2, 0.25) is 0 Å². The van der Waals surface area contributed by atoms with Crippen LogP contribution in [0, 0.1) is 5.92 Å². The van der Waals surface area contributed by atoms with Gasteiger partial charge in [-0.05, 0) is 24.5 Å². The Labute approximate surface area is 98.1 Å². The highest BCUT2D eigenvalue weighted by molar-refractivity contribution is 5.88. The van der Waals surface area contributed by atoms with Gasteiger partial charge in [0.15, 0.2) is 0 Å². The van der Waals surface area contributed by atoms with Gasteiger partial charge in [0.2, 0.25) is 0 Å². The summed E-state index contributed by atoms with van der Waals surface area (Å²) < 4.78 is 0. The fraction of sp³-hybridized carbons (Fsp3) is 0.333. The number of H-pyrrole nitrogens is 1. The lowest BCUT2D eigenvalue weighted by Crippen LogP contribution is -2.10. The molecule has 2 aromatic rings. The maximum Gasteiger partial charge on any atom is 0.258 e. The van der Waals surface area contributed by atoms with Crippen molar-refractivity contribution in [1.29, 1.82) is 0 Å². The van der Waals surface area contributed by atoms with Crippen molar-refractivity contribution in [3.05, 3.63) is 28.8 Å². The van der Waals surface area contributed by atoms with Gasteiger partial charge < -0.3 is 16.0 Å². The van der Waals surface area contributed by atoms with Crippen molar-refractivity contribution < 1.29 is 0 Å². The summed E-state index contributed by atoms with van der Waals surface area (Å²) in [5, 5.41) is 3.90. The first-order valence-corrected chi connectivity index (χ1v) is 5.68. The van der Waals surface area contributed by atoms with Crippen LogP contribution in [0.5, 0.6) is 0 Å². The summed E-state index contributed by atoms with van der Waals surface area (Å²) in [6.07, 6.45) is 2.57. The SMILES string of the molecule is CC1CC1Nc1cc2nc[nH]c(=O)c2cc1N. The minimum atomic E-state index is -0.159. The number of fused-ring (bicyclic) bond motifs is 1. The summed E-state index contributed by atoms with van der Waals surface area (Å²) in [5.74, 6) is 0.692. The van der Waals surface area contributed by atoms with E-state index in [1.807, 2.05) is 6.07 Å². The fourth-order valence-electron chi connectivity index (χ4n) is 1.98. The maximum absolute atomic E-state index is 11.6. The molecule has 0 saturated heterocycles. The van der Waals surface area contributed by atoms with E-state index in [0.29, 0.717) is 28.6 Å². The van der Waals surface area contributed by atoms with Crippen LogP contribution in [-0.4, -0.2) is 16.0 Å². The molecule has 2 atom stereocenters. The second kappa shape index (κ2) is 3.48. The molecule has 0 radical (unpaired) electrons. The van der Waals surface area contributed by atoms with E-state index < -0.39 is 0 Å². The third kappa shape index (κ3) is 1.73. The Hall–Kier alpha value is -2.04. The molecule has 2 unspecified atom stereocenters. The van der Waals surface area contributed by atoms with Crippen molar-refractivity contribution in [1.82, 2.24) is 9.97 Å². The molecule has 0 amide bonds.